The molecule has 0 N–H and O–H groups in total. The van der Waals surface area contributed by atoms with Gasteiger partial charge in [-0.2, -0.15) is 0 Å². The van der Waals surface area contributed by atoms with Gasteiger partial charge in [0.1, 0.15) is 5.82 Å². The zero-order chi connectivity index (χ0) is 29.8. The second kappa shape index (κ2) is 15.9. The van der Waals surface area contributed by atoms with Crippen LogP contribution in [0.25, 0.3) is 6.08 Å². The van der Waals surface area contributed by atoms with Crippen LogP contribution >= 0.6 is 0 Å². The zero-order valence-electron chi connectivity index (χ0n) is 26.0. The second-order valence-corrected chi connectivity index (χ2v) is 13.3. The Morgan fingerprint density at radius 3 is 2.29 bits per heavy atom. The van der Waals surface area contributed by atoms with Gasteiger partial charge in [-0.15, -0.1) is 0 Å². The number of hydrogen-bond donors (Lipinski definition) is 0. The molecule has 2 aromatic rings. The molecule has 1 aliphatic heterocycles. The average Bonchev–Trinajstić information content (AvgIpc) is 2.92. The Kier molecular flexibility index (Phi) is 12.6. The van der Waals surface area contributed by atoms with E-state index in [1.54, 1.807) is 12.1 Å². The largest absolute Gasteiger partial charge is 0.339 e. The standard InChI is InChI=1S/C36H51FN2O2/c1-6-7-9-14-31(24-29-12-10-8-11-13-29)27-39(34(40)23-28(2)25-36(3,4)5)26-30-19-21-38(22-20-30)35(41)32-15-17-33(37)18-16-32/h8,10-13,15-18,24,28,30H,6-7,9,14,19-23,25-27H2,1-5H3/b31-24+. The molecule has 1 aliphatic rings. The first kappa shape index (κ1) is 32.6. The molecule has 0 aliphatic carbocycles. The Balaban J connectivity index is 1.72. The van der Waals surface area contributed by atoms with Gasteiger partial charge in [0.05, 0.1) is 0 Å². The Hall–Kier alpha value is -2.95. The summed E-state index contributed by atoms with van der Waals surface area (Å²) in [5.74, 6) is 0.527. The minimum atomic E-state index is -0.336. The molecule has 1 heterocycles. The minimum Gasteiger partial charge on any atom is -0.339 e. The smallest absolute Gasteiger partial charge is 0.253 e. The number of rotatable bonds is 13. The van der Waals surface area contributed by atoms with Crippen molar-refractivity contribution in [3.63, 3.8) is 0 Å². The van der Waals surface area contributed by atoms with Crippen LogP contribution in [0.15, 0.2) is 60.2 Å². The highest BCUT2D eigenvalue weighted by Gasteiger charge is 2.28. The molecule has 1 saturated heterocycles. The number of amides is 2. The molecule has 224 valence electrons. The van der Waals surface area contributed by atoms with Gasteiger partial charge in [-0.1, -0.05) is 89.4 Å². The van der Waals surface area contributed by atoms with Gasteiger partial charge in [-0.25, -0.2) is 4.39 Å². The molecule has 0 saturated carbocycles. The molecule has 3 rings (SSSR count). The summed E-state index contributed by atoms with van der Waals surface area (Å²) in [6.45, 7) is 13.8. The lowest BCUT2D eigenvalue weighted by Gasteiger charge is -2.36. The number of benzene rings is 2. The van der Waals surface area contributed by atoms with E-state index in [0.717, 1.165) is 38.6 Å². The summed E-state index contributed by atoms with van der Waals surface area (Å²) in [5.41, 5.74) is 3.20. The molecule has 0 spiro atoms. The molecule has 4 nitrogen and oxygen atoms in total. The molecule has 0 radical (unpaired) electrons. The number of likely N-dealkylation sites (tertiary alicyclic amines) is 1. The predicted octanol–water partition coefficient (Wildman–Crippen LogP) is 8.63. The van der Waals surface area contributed by atoms with Crippen LogP contribution in [0.5, 0.6) is 0 Å². The summed E-state index contributed by atoms with van der Waals surface area (Å²) in [4.78, 5) is 30.8. The summed E-state index contributed by atoms with van der Waals surface area (Å²) in [6.07, 6.45) is 10.1. The van der Waals surface area contributed by atoms with Crippen molar-refractivity contribution in [2.75, 3.05) is 26.2 Å². The van der Waals surface area contributed by atoms with Gasteiger partial charge in [-0.3, -0.25) is 9.59 Å². The molecular formula is C36H51FN2O2. The molecule has 1 fully saturated rings. The third-order valence-corrected chi connectivity index (χ3v) is 7.97. The van der Waals surface area contributed by atoms with Crippen LogP contribution in [0, 0.1) is 23.1 Å². The minimum absolute atomic E-state index is 0.0450. The molecule has 0 bridgehead atoms. The SMILES string of the molecule is CCCCC/C(=C\c1ccccc1)CN(CC1CCN(C(=O)c2ccc(F)cc2)CC1)C(=O)CC(C)CC(C)(C)C. The Labute approximate surface area is 248 Å². The van der Waals surface area contributed by atoms with E-state index < -0.39 is 0 Å². The van der Waals surface area contributed by atoms with E-state index in [2.05, 4.69) is 69.9 Å². The van der Waals surface area contributed by atoms with Gasteiger partial charge >= 0.3 is 0 Å². The quantitative estimate of drug-likeness (QED) is 0.229. The number of unbranched alkanes of at least 4 members (excludes halogenated alkanes) is 2. The van der Waals surface area contributed by atoms with E-state index in [0.29, 0.717) is 43.5 Å². The summed E-state index contributed by atoms with van der Waals surface area (Å²) < 4.78 is 13.3. The average molecular weight is 563 g/mol. The Bertz CT molecular complexity index is 1110. The number of piperidine rings is 1. The molecule has 41 heavy (non-hydrogen) atoms. The van der Waals surface area contributed by atoms with Gasteiger partial charge < -0.3 is 9.80 Å². The third-order valence-electron chi connectivity index (χ3n) is 7.97. The summed E-state index contributed by atoms with van der Waals surface area (Å²) >= 11 is 0. The van der Waals surface area contributed by atoms with Crippen LogP contribution < -0.4 is 0 Å². The van der Waals surface area contributed by atoms with E-state index in [9.17, 15) is 14.0 Å². The Morgan fingerprint density at radius 1 is 1.02 bits per heavy atom. The second-order valence-electron chi connectivity index (χ2n) is 13.3. The molecule has 2 amide bonds. The fraction of sp³-hybridized carbons (Fsp3) is 0.556. The maximum atomic E-state index is 13.8. The van der Waals surface area contributed by atoms with Crippen LogP contribution in [-0.2, 0) is 4.79 Å². The van der Waals surface area contributed by atoms with Crippen molar-refractivity contribution < 1.29 is 14.0 Å². The maximum absolute atomic E-state index is 13.8. The Morgan fingerprint density at radius 2 is 1.68 bits per heavy atom. The highest BCUT2D eigenvalue weighted by Crippen LogP contribution is 2.28. The highest BCUT2D eigenvalue weighted by molar-refractivity contribution is 5.94. The third kappa shape index (κ3) is 11.4. The first-order valence-corrected chi connectivity index (χ1v) is 15.6. The van der Waals surface area contributed by atoms with Gasteiger partial charge in [0.2, 0.25) is 5.91 Å². The van der Waals surface area contributed by atoms with Crippen LogP contribution in [0.4, 0.5) is 4.39 Å². The lowest BCUT2D eigenvalue weighted by molar-refractivity contribution is -0.132. The van der Waals surface area contributed by atoms with Crippen molar-refractivity contribution >= 4 is 17.9 Å². The van der Waals surface area contributed by atoms with Crippen molar-refractivity contribution in [2.24, 2.45) is 17.3 Å². The molecule has 1 atom stereocenters. The number of carbonyl (C=O) groups is 2. The zero-order valence-corrected chi connectivity index (χ0v) is 26.0. The normalized spacial score (nSPS) is 15.6. The van der Waals surface area contributed by atoms with Crippen molar-refractivity contribution in [1.29, 1.82) is 0 Å². The van der Waals surface area contributed by atoms with E-state index in [1.165, 1.54) is 36.1 Å². The fourth-order valence-corrected chi connectivity index (χ4v) is 6.03. The van der Waals surface area contributed by atoms with Crippen LogP contribution in [0.1, 0.15) is 102 Å². The first-order valence-electron chi connectivity index (χ1n) is 15.6. The van der Waals surface area contributed by atoms with Gasteiger partial charge in [0.25, 0.3) is 5.91 Å². The number of halogens is 1. The van der Waals surface area contributed by atoms with Gasteiger partial charge in [0.15, 0.2) is 0 Å². The summed E-state index contributed by atoms with van der Waals surface area (Å²) in [5, 5.41) is 0. The van der Waals surface area contributed by atoms with Crippen LogP contribution in [0.2, 0.25) is 0 Å². The molecule has 2 aromatic carbocycles. The van der Waals surface area contributed by atoms with Crippen molar-refractivity contribution in [3.05, 3.63) is 77.1 Å². The van der Waals surface area contributed by atoms with Gasteiger partial charge in [-0.05, 0) is 79.2 Å². The topological polar surface area (TPSA) is 40.6 Å². The molecule has 1 unspecified atom stereocenters. The highest BCUT2D eigenvalue weighted by atomic mass is 19.1. The first-order chi connectivity index (χ1) is 19.5. The number of carbonyl (C=O) groups excluding carboxylic acids is 2. The molecule has 5 heteroatoms. The van der Waals surface area contributed by atoms with Crippen molar-refractivity contribution in [2.45, 2.75) is 86.0 Å². The van der Waals surface area contributed by atoms with Crippen LogP contribution in [0.3, 0.4) is 0 Å². The van der Waals surface area contributed by atoms with E-state index in [-0.39, 0.29) is 23.0 Å². The van der Waals surface area contributed by atoms with E-state index >= 15 is 0 Å². The monoisotopic (exact) mass is 562 g/mol. The van der Waals surface area contributed by atoms with Crippen LogP contribution in [-0.4, -0.2) is 47.8 Å². The lowest BCUT2D eigenvalue weighted by Crippen LogP contribution is -2.43. The number of hydrogen-bond acceptors (Lipinski definition) is 2. The van der Waals surface area contributed by atoms with E-state index in [4.69, 9.17) is 0 Å². The lowest BCUT2D eigenvalue weighted by atomic mass is 9.84. The molecular weight excluding hydrogens is 511 g/mol. The fourth-order valence-electron chi connectivity index (χ4n) is 6.03. The van der Waals surface area contributed by atoms with Crippen molar-refractivity contribution in [3.8, 4) is 0 Å². The predicted molar refractivity (Wildman–Crippen MR) is 168 cm³/mol. The maximum Gasteiger partial charge on any atom is 0.253 e. The van der Waals surface area contributed by atoms with Crippen molar-refractivity contribution in [1.82, 2.24) is 9.80 Å². The number of nitrogens with zero attached hydrogens (tertiary/aromatic N) is 2. The summed E-state index contributed by atoms with van der Waals surface area (Å²) in [7, 11) is 0. The molecule has 0 aromatic heterocycles. The van der Waals surface area contributed by atoms with Gasteiger partial charge in [0, 0.05) is 38.2 Å². The summed E-state index contributed by atoms with van der Waals surface area (Å²) in [6, 6.07) is 16.2. The van der Waals surface area contributed by atoms with E-state index in [1.807, 2.05) is 11.0 Å².